The lowest BCUT2D eigenvalue weighted by molar-refractivity contribution is -0.130. The molecule has 3 amide bonds. The van der Waals surface area contributed by atoms with Gasteiger partial charge in [-0.1, -0.05) is 18.2 Å². The summed E-state index contributed by atoms with van der Waals surface area (Å²) < 4.78 is 31.8. The summed E-state index contributed by atoms with van der Waals surface area (Å²) in [5.41, 5.74) is 1.93. The van der Waals surface area contributed by atoms with E-state index in [4.69, 9.17) is 14.2 Å². The van der Waals surface area contributed by atoms with E-state index >= 15 is 4.39 Å². The fraction of sp³-hybridized carbons (Fsp3) is 0.464. The van der Waals surface area contributed by atoms with Crippen molar-refractivity contribution in [3.8, 4) is 11.5 Å². The predicted octanol–water partition coefficient (Wildman–Crippen LogP) is 3.99. The molecule has 0 aromatic heterocycles. The first-order valence-electron chi connectivity index (χ1n) is 13.0. The van der Waals surface area contributed by atoms with Crippen LogP contribution in [0.4, 0.5) is 14.9 Å². The van der Waals surface area contributed by atoms with E-state index in [0.29, 0.717) is 51.9 Å². The summed E-state index contributed by atoms with van der Waals surface area (Å²) in [6.45, 7) is 3.73. The van der Waals surface area contributed by atoms with E-state index in [1.54, 1.807) is 14.7 Å². The Labute approximate surface area is 221 Å². The molecule has 9 nitrogen and oxygen atoms in total. The van der Waals surface area contributed by atoms with E-state index in [2.05, 4.69) is 0 Å². The maximum atomic E-state index is 15.1. The lowest BCUT2D eigenvalue weighted by Crippen LogP contribution is -2.50. The van der Waals surface area contributed by atoms with Crippen molar-refractivity contribution in [1.82, 2.24) is 9.80 Å². The quantitative estimate of drug-likeness (QED) is 0.587. The van der Waals surface area contributed by atoms with Gasteiger partial charge in [-0.15, -0.1) is 0 Å². The number of rotatable bonds is 5. The smallest absolute Gasteiger partial charge is 0.414 e. The van der Waals surface area contributed by atoms with Crippen molar-refractivity contribution >= 4 is 23.6 Å². The number of carbonyl (C=O) groups is 3. The summed E-state index contributed by atoms with van der Waals surface area (Å²) in [7, 11) is 1.44. The molecular formula is C28H32FN3O6. The highest BCUT2D eigenvalue weighted by molar-refractivity contribution is 5.97. The largest absolute Gasteiger partial charge is 0.496 e. The number of para-hydroxylation sites is 1. The zero-order chi connectivity index (χ0) is 26.8. The van der Waals surface area contributed by atoms with Crippen molar-refractivity contribution in [3.05, 3.63) is 53.3 Å². The molecule has 0 bridgehead atoms. The van der Waals surface area contributed by atoms with Crippen LogP contribution in [0, 0.1) is 5.82 Å². The van der Waals surface area contributed by atoms with E-state index in [0.717, 1.165) is 11.3 Å². The van der Waals surface area contributed by atoms with Crippen LogP contribution in [0.3, 0.4) is 0 Å². The molecule has 0 atom stereocenters. The van der Waals surface area contributed by atoms with Gasteiger partial charge >= 0.3 is 6.09 Å². The van der Waals surface area contributed by atoms with Crippen LogP contribution in [0.2, 0.25) is 0 Å². The zero-order valence-corrected chi connectivity index (χ0v) is 21.7. The first-order chi connectivity index (χ1) is 18.4. The van der Waals surface area contributed by atoms with Gasteiger partial charge in [0, 0.05) is 63.6 Å². The average molecular weight is 526 g/mol. The normalized spacial score (nSPS) is 18.6. The summed E-state index contributed by atoms with van der Waals surface area (Å²) in [5, 5.41) is 0. The van der Waals surface area contributed by atoms with Crippen molar-refractivity contribution in [2.75, 3.05) is 38.2 Å². The second kappa shape index (κ2) is 10.9. The van der Waals surface area contributed by atoms with E-state index < -0.39 is 5.82 Å². The zero-order valence-electron chi connectivity index (χ0n) is 21.7. The number of piperidine rings is 2. The molecule has 2 aromatic rings. The Bertz CT molecular complexity index is 1220. The van der Waals surface area contributed by atoms with Crippen molar-refractivity contribution in [1.29, 1.82) is 0 Å². The minimum Gasteiger partial charge on any atom is -0.496 e. The van der Waals surface area contributed by atoms with Gasteiger partial charge in [-0.25, -0.2) is 9.18 Å². The van der Waals surface area contributed by atoms with Gasteiger partial charge in [0.25, 0.3) is 5.91 Å². The third-order valence-corrected chi connectivity index (χ3v) is 7.58. The molecule has 38 heavy (non-hydrogen) atoms. The van der Waals surface area contributed by atoms with Crippen LogP contribution in [-0.2, 0) is 16.1 Å². The van der Waals surface area contributed by atoms with Crippen molar-refractivity contribution < 1.29 is 33.0 Å². The number of benzene rings is 2. The molecule has 3 aliphatic rings. The van der Waals surface area contributed by atoms with E-state index in [1.165, 1.54) is 26.2 Å². The predicted molar refractivity (Wildman–Crippen MR) is 137 cm³/mol. The molecule has 0 radical (unpaired) electrons. The minimum absolute atomic E-state index is 0.0175. The molecule has 0 unspecified atom stereocenters. The Kier molecular flexibility index (Phi) is 7.40. The van der Waals surface area contributed by atoms with E-state index in [-0.39, 0.29) is 53.7 Å². The van der Waals surface area contributed by atoms with Gasteiger partial charge in [0.1, 0.15) is 18.5 Å². The van der Waals surface area contributed by atoms with E-state index in [9.17, 15) is 14.4 Å². The van der Waals surface area contributed by atoms with Gasteiger partial charge in [0.15, 0.2) is 11.6 Å². The second-order valence-electron chi connectivity index (χ2n) is 9.88. The van der Waals surface area contributed by atoms with Gasteiger partial charge in [0.05, 0.1) is 18.4 Å². The SMILES string of the molecule is COc1cc(OC2CCN(C(C)=O)CC2)c(F)cc1C(=O)N1CCC(N2C(=O)OCc3ccccc32)CC1. The van der Waals surface area contributed by atoms with Gasteiger partial charge in [-0.2, -0.15) is 0 Å². The van der Waals surface area contributed by atoms with Crippen LogP contribution < -0.4 is 14.4 Å². The number of ether oxygens (including phenoxy) is 3. The van der Waals surface area contributed by atoms with Crippen LogP contribution in [0.1, 0.15) is 48.5 Å². The molecular weight excluding hydrogens is 493 g/mol. The molecule has 10 heteroatoms. The summed E-state index contributed by atoms with van der Waals surface area (Å²) in [6, 6.07) is 10.2. The average Bonchev–Trinajstić information content (AvgIpc) is 2.94. The first-order valence-corrected chi connectivity index (χ1v) is 13.0. The van der Waals surface area contributed by atoms with Crippen LogP contribution in [-0.4, -0.2) is 73.1 Å². The Morgan fingerprint density at radius 1 is 0.974 bits per heavy atom. The molecule has 0 N–H and O–H groups in total. The Hall–Kier alpha value is -3.82. The summed E-state index contributed by atoms with van der Waals surface area (Å²) in [6.07, 6.45) is 1.75. The highest BCUT2D eigenvalue weighted by atomic mass is 19.1. The fourth-order valence-corrected chi connectivity index (χ4v) is 5.45. The Morgan fingerprint density at radius 3 is 2.34 bits per heavy atom. The number of likely N-dealkylation sites (tertiary alicyclic amines) is 2. The number of nitrogens with zero attached hydrogens (tertiary/aromatic N) is 3. The first kappa shape index (κ1) is 25.8. The second-order valence-corrected chi connectivity index (χ2v) is 9.88. The van der Waals surface area contributed by atoms with Crippen molar-refractivity contribution in [3.63, 3.8) is 0 Å². The van der Waals surface area contributed by atoms with Crippen LogP contribution >= 0.6 is 0 Å². The number of anilines is 1. The van der Waals surface area contributed by atoms with Gasteiger partial charge in [-0.05, 0) is 25.0 Å². The molecule has 202 valence electrons. The number of fused-ring (bicyclic) bond motifs is 1. The Balaban J connectivity index is 1.25. The highest BCUT2D eigenvalue weighted by Gasteiger charge is 2.36. The number of amides is 3. The standard InChI is InChI=1S/C28H32FN3O6/c1-18(33)30-13-9-21(10-14-30)38-26-16-25(36-2)22(15-23(26)29)27(34)31-11-7-20(8-12-31)32-24-6-4-3-5-19(24)17-37-28(32)35/h3-6,15-16,20-21H,7-14,17H2,1-2H3. The molecule has 0 spiro atoms. The number of hydrogen-bond acceptors (Lipinski definition) is 6. The Morgan fingerprint density at radius 2 is 1.66 bits per heavy atom. The lowest BCUT2D eigenvalue weighted by Gasteiger charge is -2.40. The molecule has 5 rings (SSSR count). The fourth-order valence-electron chi connectivity index (χ4n) is 5.45. The third-order valence-electron chi connectivity index (χ3n) is 7.58. The van der Waals surface area contributed by atoms with Crippen LogP contribution in [0.25, 0.3) is 0 Å². The molecule has 2 saturated heterocycles. The topological polar surface area (TPSA) is 88.6 Å². The number of halogens is 1. The summed E-state index contributed by atoms with van der Waals surface area (Å²) in [4.78, 5) is 42.6. The maximum Gasteiger partial charge on any atom is 0.414 e. The van der Waals surface area contributed by atoms with Gasteiger partial charge < -0.3 is 24.0 Å². The number of hydrogen-bond donors (Lipinski definition) is 0. The molecule has 2 aromatic carbocycles. The van der Waals surface area contributed by atoms with Gasteiger partial charge in [0.2, 0.25) is 5.91 Å². The molecule has 2 fully saturated rings. The lowest BCUT2D eigenvalue weighted by atomic mass is 10.00. The monoisotopic (exact) mass is 525 g/mol. The van der Waals surface area contributed by atoms with Crippen LogP contribution in [0.5, 0.6) is 11.5 Å². The highest BCUT2D eigenvalue weighted by Crippen LogP contribution is 2.34. The summed E-state index contributed by atoms with van der Waals surface area (Å²) >= 11 is 0. The van der Waals surface area contributed by atoms with E-state index in [1.807, 2.05) is 24.3 Å². The summed E-state index contributed by atoms with van der Waals surface area (Å²) in [5.74, 6) is -0.680. The van der Waals surface area contributed by atoms with Crippen molar-refractivity contribution in [2.24, 2.45) is 0 Å². The van der Waals surface area contributed by atoms with Gasteiger partial charge in [-0.3, -0.25) is 14.5 Å². The van der Waals surface area contributed by atoms with Crippen molar-refractivity contribution in [2.45, 2.75) is 51.4 Å². The molecule has 0 saturated carbocycles. The molecule has 3 heterocycles. The molecule has 0 aliphatic carbocycles. The maximum absolute atomic E-state index is 15.1. The number of carbonyl (C=O) groups excluding carboxylic acids is 3. The number of cyclic esters (lactones) is 1. The minimum atomic E-state index is -0.634. The molecule has 3 aliphatic heterocycles. The van der Waals surface area contributed by atoms with Crippen LogP contribution in [0.15, 0.2) is 36.4 Å². The third kappa shape index (κ3) is 5.12. The number of methoxy groups -OCH3 is 1.